The van der Waals surface area contributed by atoms with Gasteiger partial charge in [-0.1, -0.05) is 0 Å². The lowest BCUT2D eigenvalue weighted by Crippen LogP contribution is -2.35. The van der Waals surface area contributed by atoms with E-state index in [0.717, 1.165) is 6.42 Å². The van der Waals surface area contributed by atoms with E-state index in [1.54, 1.807) is 4.90 Å². The zero-order valence-corrected chi connectivity index (χ0v) is 9.04. The number of nitrogens with zero attached hydrogens (tertiary/aromatic N) is 1. The van der Waals surface area contributed by atoms with Gasteiger partial charge in [0, 0.05) is 25.2 Å². The molecule has 1 N–H and O–H groups in total. The molecule has 80 valence electrons. The molecule has 0 aromatic carbocycles. The number of amides is 1. The highest BCUT2D eigenvalue weighted by Crippen LogP contribution is 2.17. The van der Waals surface area contributed by atoms with Gasteiger partial charge >= 0.3 is 6.09 Å². The summed E-state index contributed by atoms with van der Waals surface area (Å²) in [6.45, 7) is 6.90. The predicted octanol–water partition coefficient (Wildman–Crippen LogP) is 1.89. The number of carbonyl (C=O) groups excluding carboxylic acids is 1. The first-order chi connectivity index (χ1) is 6.42. The zero-order valence-electron chi connectivity index (χ0n) is 9.04. The molecule has 1 saturated heterocycles. The molecule has 1 atom stereocenters. The quantitative estimate of drug-likeness (QED) is 0.654. The molecule has 0 spiro atoms. The average Bonchev–Trinajstić information content (AvgIpc) is 2.48. The topological polar surface area (TPSA) is 53.4 Å². The molecular formula is C10H18N2O2. The van der Waals surface area contributed by atoms with Crippen LogP contribution < -0.4 is 0 Å². The van der Waals surface area contributed by atoms with Crippen LogP contribution in [-0.2, 0) is 4.74 Å². The van der Waals surface area contributed by atoms with Crippen molar-refractivity contribution in [3.8, 4) is 0 Å². The normalized spacial score (nSPS) is 22.2. The van der Waals surface area contributed by atoms with E-state index >= 15 is 0 Å². The molecule has 1 aliphatic heterocycles. The van der Waals surface area contributed by atoms with Gasteiger partial charge in [-0.3, -0.25) is 0 Å². The molecule has 0 aliphatic carbocycles. The molecule has 1 rings (SSSR count). The second kappa shape index (κ2) is 3.98. The SMILES string of the molecule is CC(C)(C)OC(=O)N1CC[C@H](C=N)C1. The van der Waals surface area contributed by atoms with Gasteiger partial charge in [0.25, 0.3) is 0 Å². The smallest absolute Gasteiger partial charge is 0.410 e. The summed E-state index contributed by atoms with van der Waals surface area (Å²) < 4.78 is 5.23. The molecule has 0 aromatic rings. The maximum Gasteiger partial charge on any atom is 0.410 e. The molecule has 1 fully saturated rings. The standard InChI is InChI=1S/C10H18N2O2/c1-10(2,3)14-9(13)12-5-4-8(6-11)7-12/h6,8,11H,4-5,7H2,1-3H3/t8-/m1/s1. The van der Waals surface area contributed by atoms with E-state index in [4.69, 9.17) is 10.1 Å². The third-order valence-corrected chi connectivity index (χ3v) is 2.11. The molecule has 0 saturated carbocycles. The Labute approximate surface area is 84.7 Å². The van der Waals surface area contributed by atoms with Crippen molar-refractivity contribution in [2.75, 3.05) is 13.1 Å². The van der Waals surface area contributed by atoms with Crippen molar-refractivity contribution in [3.63, 3.8) is 0 Å². The van der Waals surface area contributed by atoms with Gasteiger partial charge in [0.1, 0.15) is 5.60 Å². The van der Waals surface area contributed by atoms with Crippen molar-refractivity contribution >= 4 is 12.3 Å². The summed E-state index contributed by atoms with van der Waals surface area (Å²) in [7, 11) is 0. The van der Waals surface area contributed by atoms with Crippen LogP contribution in [0.5, 0.6) is 0 Å². The first-order valence-electron chi connectivity index (χ1n) is 4.91. The van der Waals surface area contributed by atoms with Gasteiger partial charge in [0.15, 0.2) is 0 Å². The Hall–Kier alpha value is -1.06. The fourth-order valence-electron chi connectivity index (χ4n) is 1.42. The van der Waals surface area contributed by atoms with E-state index in [-0.39, 0.29) is 12.0 Å². The molecule has 14 heavy (non-hydrogen) atoms. The number of hydrogen-bond acceptors (Lipinski definition) is 3. The van der Waals surface area contributed by atoms with Crippen molar-refractivity contribution < 1.29 is 9.53 Å². The highest BCUT2D eigenvalue weighted by molar-refractivity contribution is 5.70. The van der Waals surface area contributed by atoms with Crippen molar-refractivity contribution in [2.45, 2.75) is 32.8 Å². The predicted molar refractivity (Wildman–Crippen MR) is 54.7 cm³/mol. The van der Waals surface area contributed by atoms with Gasteiger partial charge in [-0.05, 0) is 27.2 Å². The van der Waals surface area contributed by atoms with Gasteiger partial charge < -0.3 is 15.0 Å². The molecule has 4 nitrogen and oxygen atoms in total. The summed E-state index contributed by atoms with van der Waals surface area (Å²) in [5, 5.41) is 7.11. The van der Waals surface area contributed by atoms with Crippen LogP contribution in [0.2, 0.25) is 0 Å². The van der Waals surface area contributed by atoms with Crippen LogP contribution in [-0.4, -0.2) is 35.9 Å². The van der Waals surface area contributed by atoms with E-state index < -0.39 is 5.60 Å². The fraction of sp³-hybridized carbons (Fsp3) is 0.800. The lowest BCUT2D eigenvalue weighted by Gasteiger charge is -2.24. The number of rotatable bonds is 1. The summed E-state index contributed by atoms with van der Waals surface area (Å²) >= 11 is 0. The number of likely N-dealkylation sites (tertiary alicyclic amines) is 1. The lowest BCUT2D eigenvalue weighted by molar-refractivity contribution is 0.0292. The highest BCUT2D eigenvalue weighted by atomic mass is 16.6. The van der Waals surface area contributed by atoms with Crippen LogP contribution in [0.1, 0.15) is 27.2 Å². The van der Waals surface area contributed by atoms with Gasteiger partial charge in [0.2, 0.25) is 0 Å². The highest BCUT2D eigenvalue weighted by Gasteiger charge is 2.28. The molecule has 1 amide bonds. The zero-order chi connectivity index (χ0) is 10.8. The maximum absolute atomic E-state index is 11.6. The van der Waals surface area contributed by atoms with Crippen LogP contribution in [0, 0.1) is 11.3 Å². The Morgan fingerprint density at radius 1 is 1.57 bits per heavy atom. The summed E-state index contributed by atoms with van der Waals surface area (Å²) in [5.74, 6) is 0.211. The largest absolute Gasteiger partial charge is 0.444 e. The van der Waals surface area contributed by atoms with Crippen LogP contribution >= 0.6 is 0 Å². The van der Waals surface area contributed by atoms with Crippen molar-refractivity contribution in [2.24, 2.45) is 5.92 Å². The van der Waals surface area contributed by atoms with E-state index in [1.165, 1.54) is 6.21 Å². The molecular weight excluding hydrogens is 180 g/mol. The van der Waals surface area contributed by atoms with Crippen LogP contribution in [0.3, 0.4) is 0 Å². The first kappa shape index (κ1) is 11.0. The molecule has 4 heteroatoms. The average molecular weight is 198 g/mol. The van der Waals surface area contributed by atoms with E-state index in [0.29, 0.717) is 13.1 Å². The number of carbonyl (C=O) groups is 1. The minimum absolute atomic E-state index is 0.211. The second-order valence-electron chi connectivity index (χ2n) is 4.64. The minimum atomic E-state index is -0.431. The Morgan fingerprint density at radius 3 is 2.64 bits per heavy atom. The molecule has 0 bridgehead atoms. The molecule has 0 radical (unpaired) electrons. The van der Waals surface area contributed by atoms with Crippen LogP contribution in [0.4, 0.5) is 4.79 Å². The van der Waals surface area contributed by atoms with E-state index in [9.17, 15) is 4.79 Å². The minimum Gasteiger partial charge on any atom is -0.444 e. The monoisotopic (exact) mass is 198 g/mol. The van der Waals surface area contributed by atoms with Crippen molar-refractivity contribution in [1.29, 1.82) is 5.41 Å². The third kappa shape index (κ3) is 3.01. The Kier molecular flexibility index (Phi) is 3.13. The Bertz CT molecular complexity index is 233. The van der Waals surface area contributed by atoms with Crippen LogP contribution in [0.15, 0.2) is 0 Å². The number of nitrogens with one attached hydrogen (secondary N) is 1. The van der Waals surface area contributed by atoms with Gasteiger partial charge in [0.05, 0.1) is 0 Å². The van der Waals surface area contributed by atoms with Crippen LogP contribution in [0.25, 0.3) is 0 Å². The van der Waals surface area contributed by atoms with Gasteiger partial charge in [-0.15, -0.1) is 0 Å². The Balaban J connectivity index is 2.43. The Morgan fingerprint density at radius 2 is 2.21 bits per heavy atom. The van der Waals surface area contributed by atoms with Crippen molar-refractivity contribution in [1.82, 2.24) is 4.90 Å². The van der Waals surface area contributed by atoms with E-state index in [1.807, 2.05) is 20.8 Å². The van der Waals surface area contributed by atoms with Gasteiger partial charge in [-0.2, -0.15) is 0 Å². The van der Waals surface area contributed by atoms with Gasteiger partial charge in [-0.25, -0.2) is 4.79 Å². The summed E-state index contributed by atoms with van der Waals surface area (Å²) in [4.78, 5) is 13.2. The van der Waals surface area contributed by atoms with E-state index in [2.05, 4.69) is 0 Å². The maximum atomic E-state index is 11.6. The first-order valence-corrected chi connectivity index (χ1v) is 4.91. The van der Waals surface area contributed by atoms with Crippen molar-refractivity contribution in [3.05, 3.63) is 0 Å². The summed E-state index contributed by atoms with van der Waals surface area (Å²) in [5.41, 5.74) is -0.431. The lowest BCUT2D eigenvalue weighted by atomic mass is 10.1. The third-order valence-electron chi connectivity index (χ3n) is 2.11. The second-order valence-corrected chi connectivity index (χ2v) is 4.64. The molecule has 1 aliphatic rings. The summed E-state index contributed by atoms with van der Waals surface area (Å²) in [6.07, 6.45) is 2.02. The molecule has 0 aromatic heterocycles. The number of hydrogen-bond donors (Lipinski definition) is 1. The molecule has 0 unspecified atom stereocenters. The fourth-order valence-corrected chi connectivity index (χ4v) is 1.42. The summed E-state index contributed by atoms with van der Waals surface area (Å²) in [6, 6.07) is 0. The molecule has 1 heterocycles. The number of ether oxygens (including phenoxy) is 1.